The van der Waals surface area contributed by atoms with Gasteiger partial charge in [-0.25, -0.2) is 4.98 Å². The van der Waals surface area contributed by atoms with Gasteiger partial charge in [-0.2, -0.15) is 0 Å². The van der Waals surface area contributed by atoms with Crippen LogP contribution in [0.15, 0.2) is 42.9 Å². The summed E-state index contributed by atoms with van der Waals surface area (Å²) in [5.41, 5.74) is 0.898. The van der Waals surface area contributed by atoms with Gasteiger partial charge in [0.2, 0.25) is 0 Å². The van der Waals surface area contributed by atoms with Crippen molar-refractivity contribution in [2.45, 2.75) is 18.9 Å². The van der Waals surface area contributed by atoms with E-state index in [-0.39, 0.29) is 17.9 Å². The molecule has 7 heteroatoms. The summed E-state index contributed by atoms with van der Waals surface area (Å²) in [5, 5.41) is 2.92. The SMILES string of the molecule is O=C(NC1CC1)c1cncc(C(=O)N2CCN(c3ccccn3)CC2)c1. The molecule has 2 fully saturated rings. The Morgan fingerprint density at radius 1 is 1.04 bits per heavy atom. The summed E-state index contributed by atoms with van der Waals surface area (Å²) in [6.45, 7) is 2.71. The summed E-state index contributed by atoms with van der Waals surface area (Å²) in [4.78, 5) is 37.3. The molecule has 0 unspecified atom stereocenters. The minimum Gasteiger partial charge on any atom is -0.353 e. The van der Waals surface area contributed by atoms with Crippen LogP contribution in [0.4, 0.5) is 5.82 Å². The lowest BCUT2D eigenvalue weighted by Crippen LogP contribution is -2.49. The second kappa shape index (κ2) is 7.11. The number of rotatable bonds is 4. The zero-order chi connectivity index (χ0) is 17.9. The van der Waals surface area contributed by atoms with Gasteiger partial charge in [-0.1, -0.05) is 6.07 Å². The summed E-state index contributed by atoms with van der Waals surface area (Å²) in [7, 11) is 0. The van der Waals surface area contributed by atoms with E-state index in [4.69, 9.17) is 0 Å². The fourth-order valence-corrected chi connectivity index (χ4v) is 3.04. The molecule has 2 amide bonds. The number of nitrogens with one attached hydrogen (secondary N) is 1. The topological polar surface area (TPSA) is 78.4 Å². The lowest BCUT2D eigenvalue weighted by molar-refractivity contribution is 0.0746. The maximum absolute atomic E-state index is 12.8. The zero-order valence-corrected chi connectivity index (χ0v) is 14.5. The number of nitrogens with zero attached hydrogens (tertiary/aromatic N) is 4. The maximum Gasteiger partial charge on any atom is 0.255 e. The Morgan fingerprint density at radius 2 is 1.81 bits per heavy atom. The van der Waals surface area contributed by atoms with Crippen molar-refractivity contribution in [3.8, 4) is 0 Å². The molecule has 0 aromatic carbocycles. The minimum absolute atomic E-state index is 0.0840. The Labute approximate surface area is 152 Å². The monoisotopic (exact) mass is 351 g/mol. The van der Waals surface area contributed by atoms with Crippen LogP contribution < -0.4 is 10.2 Å². The molecule has 3 heterocycles. The van der Waals surface area contributed by atoms with Crippen LogP contribution in [-0.4, -0.2) is 58.9 Å². The average molecular weight is 351 g/mol. The second-order valence-electron chi connectivity index (χ2n) is 6.68. The quantitative estimate of drug-likeness (QED) is 0.899. The van der Waals surface area contributed by atoms with Crippen molar-refractivity contribution < 1.29 is 9.59 Å². The van der Waals surface area contributed by atoms with E-state index in [1.165, 1.54) is 12.4 Å². The molecule has 7 nitrogen and oxygen atoms in total. The van der Waals surface area contributed by atoms with Crippen LogP contribution >= 0.6 is 0 Å². The molecule has 0 spiro atoms. The van der Waals surface area contributed by atoms with Gasteiger partial charge in [0.15, 0.2) is 0 Å². The van der Waals surface area contributed by atoms with Crippen LogP contribution in [0.25, 0.3) is 0 Å². The fourth-order valence-electron chi connectivity index (χ4n) is 3.04. The molecule has 1 aliphatic heterocycles. The van der Waals surface area contributed by atoms with E-state index in [1.807, 2.05) is 18.2 Å². The highest BCUT2D eigenvalue weighted by molar-refractivity contribution is 5.99. The van der Waals surface area contributed by atoms with Gasteiger partial charge in [-0.05, 0) is 31.0 Å². The van der Waals surface area contributed by atoms with Crippen molar-refractivity contribution in [2.75, 3.05) is 31.1 Å². The second-order valence-corrected chi connectivity index (χ2v) is 6.68. The van der Waals surface area contributed by atoms with Gasteiger partial charge in [0.05, 0.1) is 11.1 Å². The van der Waals surface area contributed by atoms with Crippen molar-refractivity contribution >= 4 is 17.6 Å². The van der Waals surface area contributed by atoms with Gasteiger partial charge in [-0.3, -0.25) is 14.6 Å². The lowest BCUT2D eigenvalue weighted by Gasteiger charge is -2.35. The highest BCUT2D eigenvalue weighted by Crippen LogP contribution is 2.19. The Kier molecular flexibility index (Phi) is 4.51. The van der Waals surface area contributed by atoms with Crippen LogP contribution in [0.2, 0.25) is 0 Å². The fraction of sp³-hybridized carbons (Fsp3) is 0.368. The van der Waals surface area contributed by atoms with E-state index < -0.39 is 0 Å². The predicted octanol–water partition coefficient (Wildman–Crippen LogP) is 1.33. The molecule has 4 rings (SSSR count). The molecular weight excluding hydrogens is 330 g/mol. The first kappa shape index (κ1) is 16.5. The molecule has 1 aliphatic carbocycles. The van der Waals surface area contributed by atoms with Gasteiger partial charge < -0.3 is 15.1 Å². The van der Waals surface area contributed by atoms with E-state index in [1.54, 1.807) is 17.2 Å². The molecule has 1 N–H and O–H groups in total. The zero-order valence-electron chi connectivity index (χ0n) is 14.5. The molecule has 1 saturated heterocycles. The van der Waals surface area contributed by atoms with Gasteiger partial charge in [-0.15, -0.1) is 0 Å². The average Bonchev–Trinajstić information content (AvgIpc) is 3.52. The van der Waals surface area contributed by atoms with Crippen molar-refractivity contribution in [3.63, 3.8) is 0 Å². The number of carbonyl (C=O) groups excluding carboxylic acids is 2. The van der Waals surface area contributed by atoms with Crippen molar-refractivity contribution in [2.24, 2.45) is 0 Å². The van der Waals surface area contributed by atoms with Crippen LogP contribution in [0, 0.1) is 0 Å². The van der Waals surface area contributed by atoms with Crippen molar-refractivity contribution in [1.82, 2.24) is 20.2 Å². The summed E-state index contributed by atoms with van der Waals surface area (Å²) in [6, 6.07) is 7.75. The van der Waals surface area contributed by atoms with Crippen molar-refractivity contribution in [3.05, 3.63) is 54.0 Å². The summed E-state index contributed by atoms with van der Waals surface area (Å²) < 4.78 is 0. The lowest BCUT2D eigenvalue weighted by atomic mass is 10.1. The number of hydrogen-bond acceptors (Lipinski definition) is 5. The van der Waals surface area contributed by atoms with E-state index in [0.29, 0.717) is 24.2 Å². The predicted molar refractivity (Wildman–Crippen MR) is 97.1 cm³/mol. The first-order chi connectivity index (χ1) is 12.7. The third kappa shape index (κ3) is 3.66. The third-order valence-corrected chi connectivity index (χ3v) is 4.70. The first-order valence-corrected chi connectivity index (χ1v) is 8.92. The molecule has 134 valence electrons. The van der Waals surface area contributed by atoms with Gasteiger partial charge in [0.1, 0.15) is 5.82 Å². The van der Waals surface area contributed by atoms with E-state index in [0.717, 1.165) is 31.7 Å². The van der Waals surface area contributed by atoms with Gasteiger partial charge >= 0.3 is 0 Å². The molecular formula is C19H21N5O2. The molecule has 0 bridgehead atoms. The Morgan fingerprint density at radius 3 is 2.50 bits per heavy atom. The Hall–Kier alpha value is -2.96. The maximum atomic E-state index is 12.8. The number of pyridine rings is 2. The van der Waals surface area contributed by atoms with Crippen LogP contribution in [0.1, 0.15) is 33.6 Å². The molecule has 0 radical (unpaired) electrons. The third-order valence-electron chi connectivity index (χ3n) is 4.70. The minimum atomic E-state index is -0.158. The number of hydrogen-bond donors (Lipinski definition) is 1. The molecule has 2 aromatic rings. The van der Waals surface area contributed by atoms with E-state index in [2.05, 4.69) is 20.2 Å². The smallest absolute Gasteiger partial charge is 0.255 e. The van der Waals surface area contributed by atoms with Crippen LogP contribution in [-0.2, 0) is 0 Å². The normalized spacial score (nSPS) is 17.1. The largest absolute Gasteiger partial charge is 0.353 e. The number of piperazine rings is 1. The Balaban J connectivity index is 1.39. The molecule has 2 aromatic heterocycles. The Bertz CT molecular complexity index is 799. The number of anilines is 1. The first-order valence-electron chi connectivity index (χ1n) is 8.92. The van der Waals surface area contributed by atoms with Crippen molar-refractivity contribution in [1.29, 1.82) is 0 Å². The summed E-state index contributed by atoms with van der Waals surface area (Å²) in [6.07, 6.45) is 6.86. The van der Waals surface area contributed by atoms with Gasteiger partial charge in [0, 0.05) is 50.8 Å². The van der Waals surface area contributed by atoms with Crippen LogP contribution in [0.5, 0.6) is 0 Å². The molecule has 0 atom stereocenters. The highest BCUT2D eigenvalue weighted by Gasteiger charge is 2.26. The van der Waals surface area contributed by atoms with E-state index in [9.17, 15) is 9.59 Å². The molecule has 2 aliphatic rings. The number of amides is 2. The highest BCUT2D eigenvalue weighted by atomic mass is 16.2. The molecule has 1 saturated carbocycles. The number of carbonyl (C=O) groups is 2. The summed E-state index contributed by atoms with van der Waals surface area (Å²) in [5.74, 6) is 0.689. The molecule has 26 heavy (non-hydrogen) atoms. The summed E-state index contributed by atoms with van der Waals surface area (Å²) >= 11 is 0. The van der Waals surface area contributed by atoms with Gasteiger partial charge in [0.25, 0.3) is 11.8 Å². The standard InChI is InChI=1S/C19H21N5O2/c25-18(22-16-4-5-16)14-11-15(13-20-12-14)19(26)24-9-7-23(8-10-24)17-3-1-2-6-21-17/h1-3,6,11-13,16H,4-5,7-10H2,(H,22,25). The van der Waals surface area contributed by atoms with Crippen LogP contribution in [0.3, 0.4) is 0 Å². The van der Waals surface area contributed by atoms with E-state index >= 15 is 0 Å². The number of aromatic nitrogens is 2.